The highest BCUT2D eigenvalue weighted by Gasteiger charge is 2.44. The molecule has 1 aromatic carbocycles. The van der Waals surface area contributed by atoms with Gasteiger partial charge in [-0.3, -0.25) is 0 Å². The molecule has 1 aromatic rings. The van der Waals surface area contributed by atoms with E-state index in [9.17, 15) is 26.3 Å². The smallest absolute Gasteiger partial charge is 0.166 e. The molecular weight excluding hydrogens is 258 g/mol. The van der Waals surface area contributed by atoms with Gasteiger partial charge in [-0.05, 0) is 24.0 Å². The molecule has 0 bridgehead atoms. The topological polar surface area (TPSA) is 0 Å². The minimum atomic E-state index is -5.00. The van der Waals surface area contributed by atoms with Gasteiger partial charge in [0, 0.05) is 0 Å². The van der Waals surface area contributed by atoms with Gasteiger partial charge in [0.15, 0.2) is 0 Å². The van der Waals surface area contributed by atoms with Crippen LogP contribution >= 0.6 is 0 Å². The van der Waals surface area contributed by atoms with Gasteiger partial charge < -0.3 is 0 Å². The van der Waals surface area contributed by atoms with Gasteiger partial charge in [0.1, 0.15) is 0 Å². The predicted octanol–water partition coefficient (Wildman–Crippen LogP) is 4.92. The van der Waals surface area contributed by atoms with Gasteiger partial charge in [-0.15, -0.1) is 0 Å². The van der Waals surface area contributed by atoms with Crippen molar-refractivity contribution < 1.29 is 26.3 Å². The fourth-order valence-electron chi connectivity index (χ4n) is 1.78. The summed E-state index contributed by atoms with van der Waals surface area (Å²) in [7, 11) is 0. The normalized spacial score (nSPS) is 13.2. The summed E-state index contributed by atoms with van der Waals surface area (Å²) >= 11 is 0. The molecule has 0 aliphatic carbocycles. The summed E-state index contributed by atoms with van der Waals surface area (Å²) in [5, 5.41) is 0. The molecule has 0 aliphatic rings. The molecule has 0 fully saturated rings. The lowest BCUT2D eigenvalue weighted by molar-refractivity contribution is -0.162. The Bertz CT molecular complexity index is 414. The molecule has 0 N–H and O–H groups in total. The van der Waals surface area contributed by atoms with E-state index >= 15 is 0 Å². The summed E-state index contributed by atoms with van der Waals surface area (Å²) in [5.74, 6) is -0.158. The van der Waals surface area contributed by atoms with E-state index in [1.165, 1.54) is 0 Å². The molecule has 0 nitrogen and oxygen atoms in total. The fourth-order valence-corrected chi connectivity index (χ4v) is 1.78. The van der Waals surface area contributed by atoms with Crippen LogP contribution in [-0.4, -0.2) is 0 Å². The summed E-state index contributed by atoms with van der Waals surface area (Å²) in [4.78, 5) is 0. The van der Waals surface area contributed by atoms with Crippen LogP contribution in [0.2, 0.25) is 0 Å². The van der Waals surface area contributed by atoms with Crippen LogP contribution in [0, 0.1) is 5.92 Å². The van der Waals surface area contributed by atoms with Gasteiger partial charge in [-0.25, -0.2) is 0 Å². The summed E-state index contributed by atoms with van der Waals surface area (Å²) in [6, 6.07) is 2.57. The van der Waals surface area contributed by atoms with Crippen LogP contribution in [0.3, 0.4) is 0 Å². The second-order valence-corrected chi connectivity index (χ2v) is 4.43. The summed E-state index contributed by atoms with van der Waals surface area (Å²) in [6.45, 7) is 3.31. The van der Waals surface area contributed by atoms with Gasteiger partial charge in [-0.1, -0.05) is 26.0 Å². The molecular formula is C12H12F6. The van der Waals surface area contributed by atoms with Crippen molar-refractivity contribution in [3.05, 3.63) is 34.9 Å². The fraction of sp³-hybridized carbons (Fsp3) is 0.500. The molecule has 102 valence electrons. The Morgan fingerprint density at radius 2 is 1.50 bits per heavy atom. The Hall–Kier alpha value is -1.20. The second-order valence-electron chi connectivity index (χ2n) is 4.43. The average Bonchev–Trinajstić information content (AvgIpc) is 2.13. The number of halogens is 6. The summed E-state index contributed by atoms with van der Waals surface area (Å²) in [5.41, 5.74) is -3.49. The molecule has 0 heterocycles. The van der Waals surface area contributed by atoms with Crippen LogP contribution in [0.15, 0.2) is 18.2 Å². The van der Waals surface area contributed by atoms with Crippen molar-refractivity contribution >= 4 is 0 Å². The third-order valence-corrected chi connectivity index (χ3v) is 2.37. The van der Waals surface area contributed by atoms with Crippen LogP contribution < -0.4 is 0 Å². The molecule has 0 saturated heterocycles. The molecule has 0 aliphatic heterocycles. The second kappa shape index (κ2) is 4.82. The minimum Gasteiger partial charge on any atom is -0.166 e. The van der Waals surface area contributed by atoms with Crippen LogP contribution in [0.4, 0.5) is 26.3 Å². The third-order valence-electron chi connectivity index (χ3n) is 2.37. The molecule has 6 heteroatoms. The van der Waals surface area contributed by atoms with Crippen LogP contribution in [0.5, 0.6) is 0 Å². The molecule has 0 spiro atoms. The Labute approximate surface area is 101 Å². The summed E-state index contributed by atoms with van der Waals surface area (Å²) < 4.78 is 76.2. The highest BCUT2D eigenvalue weighted by atomic mass is 19.4. The lowest BCUT2D eigenvalue weighted by Crippen LogP contribution is -2.19. The van der Waals surface area contributed by atoms with Crippen LogP contribution in [-0.2, 0) is 18.8 Å². The highest BCUT2D eigenvalue weighted by Crippen LogP contribution is 2.42. The van der Waals surface area contributed by atoms with E-state index in [0.717, 1.165) is 12.1 Å². The van der Waals surface area contributed by atoms with Crippen molar-refractivity contribution in [3.8, 4) is 0 Å². The lowest BCUT2D eigenvalue weighted by Gasteiger charge is -2.19. The number of rotatable bonds is 2. The molecule has 0 aromatic heterocycles. The first-order valence-electron chi connectivity index (χ1n) is 5.29. The molecule has 0 atom stereocenters. The first-order chi connectivity index (χ1) is 8.03. The van der Waals surface area contributed by atoms with Gasteiger partial charge in [0.25, 0.3) is 0 Å². The number of hydrogen-bond donors (Lipinski definition) is 0. The van der Waals surface area contributed by atoms with E-state index in [1.54, 1.807) is 13.8 Å². The first-order valence-corrected chi connectivity index (χ1v) is 5.29. The third kappa shape index (κ3) is 3.40. The van der Waals surface area contributed by atoms with E-state index in [2.05, 4.69) is 0 Å². The Morgan fingerprint density at radius 1 is 0.944 bits per heavy atom. The van der Waals surface area contributed by atoms with E-state index in [4.69, 9.17) is 0 Å². The van der Waals surface area contributed by atoms with E-state index in [0.29, 0.717) is 6.07 Å². The zero-order valence-electron chi connectivity index (χ0n) is 9.78. The zero-order chi connectivity index (χ0) is 14.1. The predicted molar refractivity (Wildman–Crippen MR) is 55.0 cm³/mol. The quantitative estimate of drug-likeness (QED) is 0.669. The average molecular weight is 270 g/mol. The molecule has 1 rings (SSSR count). The number of benzene rings is 1. The molecule has 0 saturated carbocycles. The Morgan fingerprint density at radius 3 is 1.89 bits per heavy atom. The Kier molecular flexibility index (Phi) is 3.98. The number of hydrogen-bond acceptors (Lipinski definition) is 0. The largest absolute Gasteiger partial charge is 0.417 e. The van der Waals surface area contributed by atoms with E-state index in [1.807, 2.05) is 0 Å². The van der Waals surface area contributed by atoms with Crippen LogP contribution in [0.25, 0.3) is 0 Å². The highest BCUT2D eigenvalue weighted by molar-refractivity contribution is 5.39. The monoisotopic (exact) mass is 270 g/mol. The van der Waals surface area contributed by atoms with Crippen molar-refractivity contribution in [2.45, 2.75) is 32.6 Å². The van der Waals surface area contributed by atoms with Crippen LogP contribution in [0.1, 0.15) is 30.5 Å². The molecule has 0 radical (unpaired) electrons. The van der Waals surface area contributed by atoms with Gasteiger partial charge >= 0.3 is 12.4 Å². The SMILES string of the molecule is CC(C)Cc1cccc(C(F)(F)F)c1C(F)(F)F. The maximum Gasteiger partial charge on any atom is 0.417 e. The molecule has 0 unspecified atom stereocenters. The zero-order valence-corrected chi connectivity index (χ0v) is 9.78. The number of alkyl halides is 6. The lowest BCUT2D eigenvalue weighted by atomic mass is 9.93. The van der Waals surface area contributed by atoms with Crippen molar-refractivity contribution in [1.82, 2.24) is 0 Å². The van der Waals surface area contributed by atoms with Crippen molar-refractivity contribution in [1.29, 1.82) is 0 Å². The molecule has 18 heavy (non-hydrogen) atoms. The van der Waals surface area contributed by atoms with E-state index in [-0.39, 0.29) is 17.9 Å². The summed E-state index contributed by atoms with van der Waals surface area (Å²) in [6.07, 6.45) is -10.0. The Balaban J connectivity index is 3.46. The molecule has 0 amide bonds. The van der Waals surface area contributed by atoms with Crippen molar-refractivity contribution in [3.63, 3.8) is 0 Å². The minimum absolute atomic E-state index is 0.0429. The van der Waals surface area contributed by atoms with Crippen molar-refractivity contribution in [2.24, 2.45) is 5.92 Å². The maximum absolute atomic E-state index is 12.8. The van der Waals surface area contributed by atoms with Gasteiger partial charge in [0.2, 0.25) is 0 Å². The van der Waals surface area contributed by atoms with E-state index < -0.39 is 23.5 Å². The van der Waals surface area contributed by atoms with Crippen molar-refractivity contribution in [2.75, 3.05) is 0 Å². The van der Waals surface area contributed by atoms with Gasteiger partial charge in [0.05, 0.1) is 11.1 Å². The standard InChI is InChI=1S/C12H12F6/c1-7(2)6-8-4-3-5-9(11(13,14)15)10(8)12(16,17)18/h3-5,7H,6H2,1-2H3. The first kappa shape index (κ1) is 14.9. The van der Waals surface area contributed by atoms with Gasteiger partial charge in [-0.2, -0.15) is 26.3 Å². The maximum atomic E-state index is 12.8.